The van der Waals surface area contributed by atoms with Crippen molar-refractivity contribution >= 4 is 0 Å². The minimum Gasteiger partial charge on any atom is -0.386 e. The third-order valence-electron chi connectivity index (χ3n) is 1.94. The molecule has 0 fully saturated rings. The van der Waals surface area contributed by atoms with Crippen molar-refractivity contribution in [3.8, 4) is 0 Å². The molecule has 0 radical (unpaired) electrons. The first kappa shape index (κ1) is 13.6. The average molecular weight is 206 g/mol. The molecule has 0 aliphatic rings. The van der Waals surface area contributed by atoms with E-state index in [0.29, 0.717) is 0 Å². The predicted molar refractivity (Wildman–Crippen MR) is 68.5 cm³/mol. The van der Waals surface area contributed by atoms with Gasteiger partial charge in [0, 0.05) is 13.6 Å². The van der Waals surface area contributed by atoms with E-state index >= 15 is 0 Å². The summed E-state index contributed by atoms with van der Waals surface area (Å²) in [5, 5.41) is 6.38. The number of hydrogen-bond acceptors (Lipinski definition) is 2. The van der Waals surface area contributed by atoms with Gasteiger partial charge in [0.25, 0.3) is 0 Å². The summed E-state index contributed by atoms with van der Waals surface area (Å²) in [5.41, 5.74) is 3.09. The zero-order chi connectivity index (χ0) is 11.7. The van der Waals surface area contributed by atoms with Gasteiger partial charge in [-0.25, -0.2) is 0 Å². The van der Waals surface area contributed by atoms with Gasteiger partial charge in [0.15, 0.2) is 0 Å². The molecule has 2 nitrogen and oxygen atoms in total. The summed E-state index contributed by atoms with van der Waals surface area (Å²) in [6.07, 6.45) is 6.88. The van der Waals surface area contributed by atoms with Gasteiger partial charge in [-0.2, -0.15) is 0 Å². The summed E-state index contributed by atoms with van der Waals surface area (Å²) in [6.45, 7) is 12.8. The zero-order valence-corrected chi connectivity index (χ0v) is 10.1. The van der Waals surface area contributed by atoms with E-state index in [2.05, 4.69) is 30.7 Å². The molecule has 0 aromatic carbocycles. The van der Waals surface area contributed by atoms with Crippen LogP contribution in [-0.4, -0.2) is 13.6 Å². The molecule has 0 saturated heterocycles. The molecule has 0 heterocycles. The Kier molecular flexibility index (Phi) is 7.16. The highest BCUT2D eigenvalue weighted by molar-refractivity contribution is 5.33. The quantitative estimate of drug-likeness (QED) is 0.626. The van der Waals surface area contributed by atoms with E-state index in [1.54, 1.807) is 6.08 Å². The first-order valence-electron chi connectivity index (χ1n) is 5.27. The minimum absolute atomic E-state index is 0.927. The normalized spacial score (nSPS) is 12.2. The van der Waals surface area contributed by atoms with Crippen LogP contribution in [-0.2, 0) is 0 Å². The Labute approximate surface area is 93.5 Å². The maximum absolute atomic E-state index is 3.98. The summed E-state index contributed by atoms with van der Waals surface area (Å²) < 4.78 is 0. The second-order valence-corrected chi connectivity index (χ2v) is 3.36. The molecule has 0 amide bonds. The van der Waals surface area contributed by atoms with Crippen LogP contribution in [0.1, 0.15) is 20.3 Å². The van der Waals surface area contributed by atoms with Crippen LogP contribution in [0.5, 0.6) is 0 Å². The topological polar surface area (TPSA) is 24.1 Å². The molecular formula is C13H22N2. The molecular weight excluding hydrogens is 184 g/mol. The number of rotatable bonds is 7. The fourth-order valence-electron chi connectivity index (χ4n) is 1.14. The maximum atomic E-state index is 3.98. The van der Waals surface area contributed by atoms with Crippen molar-refractivity contribution in [1.82, 2.24) is 10.6 Å². The lowest BCUT2D eigenvalue weighted by Crippen LogP contribution is -2.20. The average Bonchev–Trinajstić information content (AvgIpc) is 2.22. The Bertz CT molecular complexity index is 272. The summed E-state index contributed by atoms with van der Waals surface area (Å²) in [6, 6.07) is 0. The van der Waals surface area contributed by atoms with Crippen molar-refractivity contribution in [2.75, 3.05) is 13.6 Å². The van der Waals surface area contributed by atoms with Crippen molar-refractivity contribution in [1.29, 1.82) is 0 Å². The third-order valence-corrected chi connectivity index (χ3v) is 1.94. The van der Waals surface area contributed by atoms with Crippen molar-refractivity contribution in [2.45, 2.75) is 20.3 Å². The van der Waals surface area contributed by atoms with Crippen molar-refractivity contribution < 1.29 is 0 Å². The second-order valence-electron chi connectivity index (χ2n) is 3.36. The lowest BCUT2D eigenvalue weighted by atomic mass is 10.2. The van der Waals surface area contributed by atoms with Gasteiger partial charge in [-0.05, 0) is 25.0 Å². The SMILES string of the molecule is C=C/C=C(C)/C=C(\NC)C(=C)NCCC. The van der Waals surface area contributed by atoms with E-state index in [4.69, 9.17) is 0 Å². The Balaban J connectivity index is 4.53. The van der Waals surface area contributed by atoms with Crippen LogP contribution in [0.15, 0.2) is 48.4 Å². The first-order chi connectivity index (χ1) is 7.15. The lowest BCUT2D eigenvalue weighted by Gasteiger charge is -2.12. The molecule has 84 valence electrons. The fourth-order valence-corrected chi connectivity index (χ4v) is 1.14. The molecule has 0 bridgehead atoms. The van der Waals surface area contributed by atoms with Gasteiger partial charge >= 0.3 is 0 Å². The molecule has 0 unspecified atom stereocenters. The van der Waals surface area contributed by atoms with E-state index in [-0.39, 0.29) is 0 Å². The van der Waals surface area contributed by atoms with E-state index in [0.717, 1.165) is 29.9 Å². The second kappa shape index (κ2) is 7.92. The van der Waals surface area contributed by atoms with Gasteiger partial charge < -0.3 is 10.6 Å². The Morgan fingerprint density at radius 2 is 2.07 bits per heavy atom. The third kappa shape index (κ3) is 5.78. The summed E-state index contributed by atoms with van der Waals surface area (Å²) >= 11 is 0. The molecule has 0 aromatic heterocycles. The highest BCUT2D eigenvalue weighted by Gasteiger charge is 1.98. The highest BCUT2D eigenvalue weighted by atomic mass is 15.0. The molecule has 2 heteroatoms. The zero-order valence-electron chi connectivity index (χ0n) is 10.1. The van der Waals surface area contributed by atoms with Crippen LogP contribution >= 0.6 is 0 Å². The summed E-state index contributed by atoms with van der Waals surface area (Å²) in [7, 11) is 1.89. The smallest absolute Gasteiger partial charge is 0.0569 e. The van der Waals surface area contributed by atoms with Crippen LogP contribution in [0.2, 0.25) is 0 Å². The van der Waals surface area contributed by atoms with Crippen molar-refractivity contribution in [2.24, 2.45) is 0 Å². The predicted octanol–water partition coefficient (Wildman–Crippen LogP) is 2.74. The van der Waals surface area contributed by atoms with Gasteiger partial charge in [0.2, 0.25) is 0 Å². The van der Waals surface area contributed by atoms with Crippen LogP contribution in [0.4, 0.5) is 0 Å². The molecule has 0 atom stereocenters. The fraction of sp³-hybridized carbons (Fsp3) is 0.385. The Hall–Kier alpha value is -1.44. The number of likely N-dealkylation sites (N-methyl/N-ethyl adjacent to an activating group) is 1. The molecule has 0 rings (SSSR count). The Morgan fingerprint density at radius 1 is 1.40 bits per heavy atom. The van der Waals surface area contributed by atoms with Crippen molar-refractivity contribution in [3.05, 3.63) is 48.4 Å². The summed E-state index contributed by atoms with van der Waals surface area (Å²) in [5.74, 6) is 0. The van der Waals surface area contributed by atoms with E-state index in [9.17, 15) is 0 Å². The van der Waals surface area contributed by atoms with E-state index < -0.39 is 0 Å². The van der Waals surface area contributed by atoms with E-state index in [1.165, 1.54) is 0 Å². The Morgan fingerprint density at radius 3 is 2.53 bits per heavy atom. The lowest BCUT2D eigenvalue weighted by molar-refractivity contribution is 0.761. The largest absolute Gasteiger partial charge is 0.386 e. The van der Waals surface area contributed by atoms with Crippen LogP contribution in [0.25, 0.3) is 0 Å². The highest BCUT2D eigenvalue weighted by Crippen LogP contribution is 2.05. The first-order valence-corrected chi connectivity index (χ1v) is 5.27. The molecule has 15 heavy (non-hydrogen) atoms. The van der Waals surface area contributed by atoms with Gasteiger partial charge in [0.1, 0.15) is 0 Å². The standard InChI is InChI=1S/C13H22N2/c1-6-8-11(3)10-13(14-5)12(4)15-9-7-2/h6,8,10,14-15H,1,4,7,9H2,2-3,5H3/b11-8+,13-10-. The van der Waals surface area contributed by atoms with Crippen LogP contribution in [0.3, 0.4) is 0 Å². The van der Waals surface area contributed by atoms with Gasteiger partial charge in [-0.3, -0.25) is 0 Å². The van der Waals surface area contributed by atoms with Gasteiger partial charge in [0.05, 0.1) is 11.4 Å². The molecule has 2 N–H and O–H groups in total. The van der Waals surface area contributed by atoms with Gasteiger partial charge in [-0.1, -0.05) is 32.2 Å². The van der Waals surface area contributed by atoms with Crippen LogP contribution in [0, 0.1) is 0 Å². The molecule has 0 aromatic rings. The van der Waals surface area contributed by atoms with Crippen LogP contribution < -0.4 is 10.6 Å². The maximum Gasteiger partial charge on any atom is 0.0569 e. The number of allylic oxidation sites excluding steroid dienone is 4. The number of hydrogen-bond donors (Lipinski definition) is 2. The summed E-state index contributed by atoms with van der Waals surface area (Å²) in [4.78, 5) is 0. The van der Waals surface area contributed by atoms with Gasteiger partial charge in [-0.15, -0.1) is 0 Å². The van der Waals surface area contributed by atoms with E-state index in [1.807, 2.05) is 26.1 Å². The molecule has 0 aliphatic heterocycles. The van der Waals surface area contributed by atoms with Crippen molar-refractivity contribution in [3.63, 3.8) is 0 Å². The minimum atomic E-state index is 0.927. The molecule has 0 aliphatic carbocycles. The molecule has 0 saturated carbocycles. The molecule has 0 spiro atoms. The number of nitrogens with one attached hydrogen (secondary N) is 2. The monoisotopic (exact) mass is 206 g/mol.